The fraction of sp³-hybridized carbons (Fsp3) is 0.600. The van der Waals surface area contributed by atoms with Gasteiger partial charge in [-0.2, -0.15) is 0 Å². The van der Waals surface area contributed by atoms with Gasteiger partial charge in [-0.25, -0.2) is 4.39 Å². The van der Waals surface area contributed by atoms with Crippen molar-refractivity contribution in [3.05, 3.63) is 35.1 Å². The molecule has 1 nitrogen and oxygen atoms in total. The van der Waals surface area contributed by atoms with Crippen molar-refractivity contribution < 1.29 is 4.39 Å². The van der Waals surface area contributed by atoms with Gasteiger partial charge in [0.15, 0.2) is 0 Å². The minimum Gasteiger partial charge on any atom is -0.310 e. The van der Waals surface area contributed by atoms with Crippen LogP contribution in [-0.2, 0) is 6.42 Å². The Morgan fingerprint density at radius 1 is 1.41 bits per heavy atom. The van der Waals surface area contributed by atoms with Crippen molar-refractivity contribution in [3.63, 3.8) is 0 Å². The third-order valence-corrected chi connectivity index (χ3v) is 3.47. The molecule has 2 heteroatoms. The first-order valence-corrected chi connectivity index (χ1v) is 6.58. The minimum atomic E-state index is -0.117. The van der Waals surface area contributed by atoms with Gasteiger partial charge in [-0.1, -0.05) is 26.8 Å². The Kier molecular flexibility index (Phi) is 3.82. The van der Waals surface area contributed by atoms with E-state index in [9.17, 15) is 4.39 Å². The smallest absolute Gasteiger partial charge is 0.123 e. The molecule has 0 saturated heterocycles. The van der Waals surface area contributed by atoms with Crippen molar-refractivity contribution in [2.75, 3.05) is 6.54 Å². The molecule has 1 heterocycles. The lowest BCUT2D eigenvalue weighted by Crippen LogP contribution is -2.25. The van der Waals surface area contributed by atoms with E-state index in [0.717, 1.165) is 19.4 Å². The first-order chi connectivity index (χ1) is 8.06. The molecule has 1 aromatic rings. The molecular formula is C15H22FN. The predicted octanol–water partition coefficient (Wildman–Crippen LogP) is 3.69. The normalized spacial score (nSPS) is 24.5. The molecule has 94 valence electrons. The van der Waals surface area contributed by atoms with Crippen molar-refractivity contribution in [2.45, 2.75) is 39.7 Å². The van der Waals surface area contributed by atoms with E-state index in [0.29, 0.717) is 17.9 Å². The molecule has 0 radical (unpaired) electrons. The van der Waals surface area contributed by atoms with E-state index < -0.39 is 0 Å². The molecule has 17 heavy (non-hydrogen) atoms. The molecule has 2 atom stereocenters. The summed E-state index contributed by atoms with van der Waals surface area (Å²) in [4.78, 5) is 0. The van der Waals surface area contributed by atoms with Crippen molar-refractivity contribution in [1.29, 1.82) is 0 Å². The van der Waals surface area contributed by atoms with Crippen LogP contribution >= 0.6 is 0 Å². The summed E-state index contributed by atoms with van der Waals surface area (Å²) >= 11 is 0. The Morgan fingerprint density at radius 2 is 2.18 bits per heavy atom. The van der Waals surface area contributed by atoms with Gasteiger partial charge in [-0.3, -0.25) is 0 Å². The second-order valence-electron chi connectivity index (χ2n) is 5.74. The zero-order valence-corrected chi connectivity index (χ0v) is 11.0. The van der Waals surface area contributed by atoms with Gasteiger partial charge < -0.3 is 5.32 Å². The molecule has 1 aliphatic heterocycles. The van der Waals surface area contributed by atoms with Crippen LogP contribution in [0.5, 0.6) is 0 Å². The largest absolute Gasteiger partial charge is 0.310 e. The van der Waals surface area contributed by atoms with Crippen LogP contribution in [0.25, 0.3) is 0 Å². The van der Waals surface area contributed by atoms with Crippen LogP contribution in [0, 0.1) is 17.7 Å². The fourth-order valence-corrected chi connectivity index (χ4v) is 2.66. The van der Waals surface area contributed by atoms with Crippen molar-refractivity contribution in [1.82, 2.24) is 5.32 Å². The van der Waals surface area contributed by atoms with E-state index in [1.165, 1.54) is 11.1 Å². The summed E-state index contributed by atoms with van der Waals surface area (Å²) in [7, 11) is 0. The fourth-order valence-electron chi connectivity index (χ4n) is 2.66. The minimum absolute atomic E-state index is 0.117. The third-order valence-electron chi connectivity index (χ3n) is 3.47. The standard InChI is InChI=1S/C15H22FN/c1-10(2)6-15-14-8-13(16)5-4-12(14)7-11(3)9-17-15/h4-5,8,10-11,15,17H,6-7,9H2,1-3H3. The quantitative estimate of drug-likeness (QED) is 0.824. The Morgan fingerprint density at radius 3 is 2.88 bits per heavy atom. The van der Waals surface area contributed by atoms with Gasteiger partial charge >= 0.3 is 0 Å². The Hall–Kier alpha value is -0.890. The summed E-state index contributed by atoms with van der Waals surface area (Å²) in [5.41, 5.74) is 2.48. The molecule has 2 rings (SSSR count). The van der Waals surface area contributed by atoms with Gasteiger partial charge in [0.25, 0.3) is 0 Å². The van der Waals surface area contributed by atoms with E-state index in [-0.39, 0.29) is 5.82 Å². The highest BCUT2D eigenvalue weighted by molar-refractivity contribution is 5.32. The lowest BCUT2D eigenvalue weighted by atomic mass is 9.92. The van der Waals surface area contributed by atoms with Gasteiger partial charge in [0.2, 0.25) is 0 Å². The van der Waals surface area contributed by atoms with E-state index in [1.807, 2.05) is 6.07 Å². The van der Waals surface area contributed by atoms with Crippen LogP contribution in [0.3, 0.4) is 0 Å². The van der Waals surface area contributed by atoms with Crippen LogP contribution in [0.4, 0.5) is 4.39 Å². The van der Waals surface area contributed by atoms with Gasteiger partial charge in [0, 0.05) is 6.04 Å². The second kappa shape index (κ2) is 5.18. The van der Waals surface area contributed by atoms with Gasteiger partial charge in [-0.15, -0.1) is 0 Å². The first kappa shape index (κ1) is 12.6. The topological polar surface area (TPSA) is 12.0 Å². The average Bonchev–Trinajstić information content (AvgIpc) is 2.39. The molecule has 0 aromatic heterocycles. The van der Waals surface area contributed by atoms with Gasteiger partial charge in [0.05, 0.1) is 0 Å². The monoisotopic (exact) mass is 235 g/mol. The zero-order valence-electron chi connectivity index (χ0n) is 11.0. The maximum Gasteiger partial charge on any atom is 0.123 e. The van der Waals surface area contributed by atoms with E-state index in [1.54, 1.807) is 12.1 Å². The summed E-state index contributed by atoms with van der Waals surface area (Å²) in [5.74, 6) is 1.13. The highest BCUT2D eigenvalue weighted by Gasteiger charge is 2.22. The van der Waals surface area contributed by atoms with Crippen LogP contribution in [0.1, 0.15) is 44.4 Å². The Labute approximate surface area is 103 Å². The average molecular weight is 235 g/mol. The molecule has 0 amide bonds. The number of nitrogens with one attached hydrogen (secondary N) is 1. The molecule has 1 aliphatic rings. The SMILES string of the molecule is CC(C)CC1NCC(C)Cc2ccc(F)cc21. The highest BCUT2D eigenvalue weighted by Crippen LogP contribution is 2.29. The Balaban J connectivity index is 2.33. The highest BCUT2D eigenvalue weighted by atomic mass is 19.1. The first-order valence-electron chi connectivity index (χ1n) is 6.58. The zero-order chi connectivity index (χ0) is 12.4. The second-order valence-corrected chi connectivity index (χ2v) is 5.74. The summed E-state index contributed by atoms with van der Waals surface area (Å²) < 4.78 is 13.4. The van der Waals surface area contributed by atoms with Crippen molar-refractivity contribution in [3.8, 4) is 0 Å². The van der Waals surface area contributed by atoms with Crippen LogP contribution in [0.15, 0.2) is 18.2 Å². The summed E-state index contributed by atoms with van der Waals surface area (Å²) in [6.07, 6.45) is 2.13. The summed E-state index contributed by atoms with van der Waals surface area (Å²) in [6, 6.07) is 5.57. The summed E-state index contributed by atoms with van der Waals surface area (Å²) in [5, 5.41) is 3.58. The summed E-state index contributed by atoms with van der Waals surface area (Å²) in [6.45, 7) is 7.70. The molecule has 0 spiro atoms. The van der Waals surface area contributed by atoms with Crippen LogP contribution in [0.2, 0.25) is 0 Å². The lowest BCUT2D eigenvalue weighted by Gasteiger charge is -2.21. The van der Waals surface area contributed by atoms with Crippen molar-refractivity contribution in [2.24, 2.45) is 11.8 Å². The maximum atomic E-state index is 13.4. The molecule has 0 aliphatic carbocycles. The van der Waals surface area contributed by atoms with Crippen molar-refractivity contribution >= 4 is 0 Å². The predicted molar refractivity (Wildman–Crippen MR) is 69.5 cm³/mol. The lowest BCUT2D eigenvalue weighted by molar-refractivity contribution is 0.411. The molecule has 0 saturated carbocycles. The molecule has 1 N–H and O–H groups in total. The number of rotatable bonds is 2. The number of fused-ring (bicyclic) bond motifs is 1. The molecular weight excluding hydrogens is 213 g/mol. The molecule has 0 bridgehead atoms. The maximum absolute atomic E-state index is 13.4. The molecule has 0 fully saturated rings. The van der Waals surface area contributed by atoms with Crippen LogP contribution < -0.4 is 5.32 Å². The van der Waals surface area contributed by atoms with E-state index in [2.05, 4.69) is 26.1 Å². The number of hydrogen-bond donors (Lipinski definition) is 1. The van der Waals surface area contributed by atoms with Gasteiger partial charge in [-0.05, 0) is 54.5 Å². The third kappa shape index (κ3) is 3.06. The number of benzene rings is 1. The molecule has 1 aromatic carbocycles. The number of halogens is 1. The van der Waals surface area contributed by atoms with Gasteiger partial charge in [0.1, 0.15) is 5.82 Å². The molecule has 2 unspecified atom stereocenters. The van der Waals surface area contributed by atoms with E-state index >= 15 is 0 Å². The Bertz CT molecular complexity index is 387. The van der Waals surface area contributed by atoms with E-state index in [4.69, 9.17) is 0 Å². The van der Waals surface area contributed by atoms with Crippen LogP contribution in [-0.4, -0.2) is 6.54 Å². The number of hydrogen-bond acceptors (Lipinski definition) is 1.